The predicted octanol–water partition coefficient (Wildman–Crippen LogP) is 23.0. The molecule has 0 amide bonds. The van der Waals surface area contributed by atoms with Crippen LogP contribution in [0.2, 0.25) is 0 Å². The number of likely N-dealkylation sites (N-methyl/N-ethyl adjacent to an activating group) is 1. The molecule has 0 fully saturated rings. The number of unbranched alkanes of at least 4 members (excludes halogenated alkanes) is 40. The first kappa shape index (κ1) is 87.2. The monoisotopic (exact) mass is 1270 g/mol. The van der Waals surface area contributed by atoms with Crippen LogP contribution in [0.3, 0.4) is 0 Å². The molecule has 2 atom stereocenters. The molecule has 9 heteroatoms. The Morgan fingerprint density at radius 1 is 0.341 bits per heavy atom. The molecule has 0 spiro atoms. The maximum absolute atomic E-state index is 13.0. The Morgan fingerprint density at radius 3 is 0.945 bits per heavy atom. The van der Waals surface area contributed by atoms with Crippen LogP contribution in [0.25, 0.3) is 0 Å². The molecule has 526 valence electrons. The number of carboxylic acids is 1. The molecule has 0 aromatic rings. The van der Waals surface area contributed by atoms with Crippen molar-refractivity contribution in [1.82, 2.24) is 0 Å². The zero-order chi connectivity index (χ0) is 66.1. The number of carbonyl (C=O) groups is 3. The normalized spacial score (nSPS) is 13.2. The molecule has 0 aliphatic rings. The van der Waals surface area contributed by atoms with E-state index in [9.17, 15) is 19.5 Å². The zero-order valence-corrected chi connectivity index (χ0v) is 60.2. The van der Waals surface area contributed by atoms with Gasteiger partial charge in [0.15, 0.2) is 12.4 Å². The number of esters is 2. The van der Waals surface area contributed by atoms with Crippen molar-refractivity contribution in [1.29, 1.82) is 0 Å². The van der Waals surface area contributed by atoms with Gasteiger partial charge in [0.05, 0.1) is 40.3 Å². The third-order valence-electron chi connectivity index (χ3n) is 16.8. The van der Waals surface area contributed by atoms with Crippen molar-refractivity contribution in [3.05, 3.63) is 97.2 Å². The topological polar surface area (TPSA) is 111 Å². The number of aliphatic carboxylic acids is 1. The second kappa shape index (κ2) is 72.0. The highest BCUT2D eigenvalue weighted by Crippen LogP contribution is 2.18. The minimum atomic E-state index is -1.63. The molecule has 0 saturated carbocycles. The molecule has 0 heterocycles. The van der Waals surface area contributed by atoms with E-state index in [2.05, 4.69) is 111 Å². The average molecular weight is 1270 g/mol. The zero-order valence-electron chi connectivity index (χ0n) is 60.2. The second-order valence-corrected chi connectivity index (χ2v) is 26.9. The van der Waals surface area contributed by atoms with Gasteiger partial charge in [0.2, 0.25) is 0 Å². The average Bonchev–Trinajstić information content (AvgIpc) is 3.65. The summed E-state index contributed by atoms with van der Waals surface area (Å²) in [6.45, 7) is 4.67. The van der Waals surface area contributed by atoms with Gasteiger partial charge in [-0.1, -0.05) is 336 Å². The molecule has 0 aromatic heterocycles. The van der Waals surface area contributed by atoms with Crippen LogP contribution in [0.4, 0.5) is 0 Å². The number of nitrogens with zero attached hydrogens (tertiary/aromatic N) is 1. The van der Waals surface area contributed by atoms with Crippen LogP contribution in [0.5, 0.6) is 0 Å². The van der Waals surface area contributed by atoms with E-state index in [4.69, 9.17) is 18.9 Å². The summed E-state index contributed by atoms with van der Waals surface area (Å²) >= 11 is 0. The van der Waals surface area contributed by atoms with Gasteiger partial charge in [-0.2, -0.15) is 0 Å². The van der Waals surface area contributed by atoms with Gasteiger partial charge in [-0.05, 0) is 96.3 Å². The molecule has 0 aliphatic carbocycles. The van der Waals surface area contributed by atoms with E-state index in [-0.39, 0.29) is 32.2 Å². The molecular weight excluding hydrogens is 1130 g/mol. The molecule has 0 bridgehead atoms. The predicted molar refractivity (Wildman–Crippen MR) is 389 cm³/mol. The summed E-state index contributed by atoms with van der Waals surface area (Å²) < 4.78 is 22.8. The molecule has 0 aromatic carbocycles. The van der Waals surface area contributed by atoms with E-state index >= 15 is 0 Å². The van der Waals surface area contributed by atoms with Gasteiger partial charge in [-0.25, -0.2) is 0 Å². The summed E-state index contributed by atoms with van der Waals surface area (Å²) in [4.78, 5) is 37.6. The summed E-state index contributed by atoms with van der Waals surface area (Å²) in [6.07, 6.45) is 96.6. The quantitative estimate of drug-likeness (QED) is 0.0195. The lowest BCUT2D eigenvalue weighted by Gasteiger charge is -2.26. The molecule has 2 unspecified atom stereocenters. The fourth-order valence-corrected chi connectivity index (χ4v) is 11.0. The fraction of sp³-hybridized carbons (Fsp3) is 0.768. The highest BCUT2D eigenvalue weighted by atomic mass is 16.7. The Bertz CT molecular complexity index is 1820. The van der Waals surface area contributed by atoms with Crippen molar-refractivity contribution < 1.29 is 42.9 Å². The lowest BCUT2D eigenvalue weighted by molar-refractivity contribution is -0.870. The van der Waals surface area contributed by atoms with Gasteiger partial charge >= 0.3 is 11.9 Å². The van der Waals surface area contributed by atoms with E-state index < -0.39 is 24.3 Å². The Balaban J connectivity index is 4.06. The minimum Gasteiger partial charge on any atom is -0.545 e. The third kappa shape index (κ3) is 73.5. The first-order valence-electron chi connectivity index (χ1n) is 38.4. The largest absolute Gasteiger partial charge is 0.545 e. The van der Waals surface area contributed by atoms with E-state index in [1.165, 1.54) is 225 Å². The Morgan fingerprint density at radius 2 is 0.626 bits per heavy atom. The molecule has 9 nitrogen and oxygen atoms in total. The number of quaternary nitrogens is 1. The first-order valence-corrected chi connectivity index (χ1v) is 38.4. The second-order valence-electron chi connectivity index (χ2n) is 26.9. The number of rotatable bonds is 71. The van der Waals surface area contributed by atoms with Gasteiger partial charge in [0.25, 0.3) is 0 Å². The SMILES string of the molecule is CC/C=C\C/C=C\C/C=C\C/C=C\C/C=C\C/C=C\C/C=C\CCCCCCCCCCCC(=O)OC(COC(=O)CCCCCCCCCCCCCCCCCCCCCCCCC/C=C\CCCCCCCCCC)COC(OCC[N+](C)(C)C)C(=O)[O-]. The molecule has 0 saturated heterocycles. The number of carbonyl (C=O) groups excluding carboxylic acids is 3. The summed E-state index contributed by atoms with van der Waals surface area (Å²) in [5.74, 6) is -2.28. The summed E-state index contributed by atoms with van der Waals surface area (Å²) in [5.41, 5.74) is 0. The van der Waals surface area contributed by atoms with Gasteiger partial charge in [-0.3, -0.25) is 9.59 Å². The lowest BCUT2D eigenvalue weighted by Crippen LogP contribution is -2.44. The Labute approximate surface area is 562 Å². The highest BCUT2D eigenvalue weighted by Gasteiger charge is 2.22. The first-order chi connectivity index (χ1) is 44.6. The molecule has 0 rings (SSSR count). The fourth-order valence-electron chi connectivity index (χ4n) is 11.0. The summed E-state index contributed by atoms with van der Waals surface area (Å²) in [6, 6.07) is 0. The van der Waals surface area contributed by atoms with Crippen LogP contribution in [0.1, 0.15) is 348 Å². The minimum absolute atomic E-state index is 0.144. The van der Waals surface area contributed by atoms with Crippen molar-refractivity contribution in [2.75, 3.05) is 47.5 Å². The van der Waals surface area contributed by atoms with Crippen LogP contribution < -0.4 is 5.11 Å². The third-order valence-corrected chi connectivity index (χ3v) is 16.8. The van der Waals surface area contributed by atoms with E-state index in [1.807, 2.05) is 21.1 Å². The van der Waals surface area contributed by atoms with Crippen molar-refractivity contribution in [3.8, 4) is 0 Å². The molecule has 0 N–H and O–H groups in total. The lowest BCUT2D eigenvalue weighted by atomic mass is 10.0. The van der Waals surface area contributed by atoms with Crippen LogP contribution in [-0.2, 0) is 33.3 Å². The van der Waals surface area contributed by atoms with Gasteiger partial charge in [0, 0.05) is 12.8 Å². The van der Waals surface area contributed by atoms with Crippen molar-refractivity contribution >= 4 is 17.9 Å². The highest BCUT2D eigenvalue weighted by molar-refractivity contribution is 5.70. The van der Waals surface area contributed by atoms with Gasteiger partial charge in [0.1, 0.15) is 13.2 Å². The van der Waals surface area contributed by atoms with Crippen molar-refractivity contribution in [2.45, 2.75) is 360 Å². The molecule has 91 heavy (non-hydrogen) atoms. The molecule has 0 radical (unpaired) electrons. The van der Waals surface area contributed by atoms with E-state index in [1.54, 1.807) is 0 Å². The summed E-state index contributed by atoms with van der Waals surface area (Å²) in [7, 11) is 5.93. The van der Waals surface area contributed by atoms with Gasteiger partial charge in [-0.15, -0.1) is 0 Å². The van der Waals surface area contributed by atoms with Crippen LogP contribution >= 0.6 is 0 Å². The number of carboxylic acid groups (broad SMARTS) is 1. The number of hydrogen-bond acceptors (Lipinski definition) is 8. The van der Waals surface area contributed by atoms with E-state index in [0.717, 1.165) is 89.9 Å². The molecule has 0 aliphatic heterocycles. The van der Waals surface area contributed by atoms with Crippen LogP contribution in [0.15, 0.2) is 97.2 Å². The maximum atomic E-state index is 13.0. The smallest absolute Gasteiger partial charge is 0.306 e. The van der Waals surface area contributed by atoms with Crippen molar-refractivity contribution in [3.63, 3.8) is 0 Å². The number of hydrogen-bond donors (Lipinski definition) is 0. The van der Waals surface area contributed by atoms with Gasteiger partial charge < -0.3 is 33.3 Å². The van der Waals surface area contributed by atoms with Crippen LogP contribution in [-0.4, -0.2) is 82.3 Å². The summed E-state index contributed by atoms with van der Waals surface area (Å²) in [5, 5.41) is 11.8. The number of ether oxygens (including phenoxy) is 4. The molecular formula is C82H145NO8. The standard InChI is InChI=1S/C82H145NO8/c1-6-8-10-12-14-16-18-20-22-24-26-28-30-32-34-36-38-39-40-41-43-44-46-48-50-52-54-56-58-60-62-64-66-68-70-72-79(84)89-76-78(77-90-82(81(86)87)88-75-74-83(3,4)5)91-80(85)73-71-69-67-65-63-61-59-57-55-53-51-49-47-45-42-37-35-33-31-29-27-25-23-21-19-17-15-13-11-9-7-2/h9,11,15,17,21,23-24,26-27,29,33,35,42,45,49,51,78,82H,6-8,10,12-14,16,18-20,22,25,28,30-32,34,36-41,43-44,46-48,50,52-77H2,1-5H3/b11-9-,17-15-,23-21-,26-24-,29-27-,35-33-,45-42-,51-49-. The Kier molecular flexibility index (Phi) is 69.0. The van der Waals surface area contributed by atoms with E-state index in [0.29, 0.717) is 23.9 Å². The van der Waals surface area contributed by atoms with Crippen LogP contribution in [0, 0.1) is 0 Å². The number of allylic oxidation sites excluding steroid dienone is 16. The maximum Gasteiger partial charge on any atom is 0.306 e. The van der Waals surface area contributed by atoms with Crippen molar-refractivity contribution in [2.24, 2.45) is 0 Å². The Hall–Kier alpha value is -3.79.